The number of nitrogens with one attached hydrogen (secondary N) is 2. The molecule has 0 radical (unpaired) electrons. The molecule has 4 atom stereocenters. The summed E-state index contributed by atoms with van der Waals surface area (Å²) in [4.78, 5) is 38.9. The van der Waals surface area contributed by atoms with Gasteiger partial charge in [0.2, 0.25) is 5.95 Å². The number of aromatic nitrogens is 2. The van der Waals surface area contributed by atoms with Gasteiger partial charge in [0.15, 0.2) is 6.29 Å². The highest BCUT2D eigenvalue weighted by atomic mass is 16.7. The van der Waals surface area contributed by atoms with E-state index < -0.39 is 24.3 Å². The first-order valence-corrected chi connectivity index (χ1v) is 19.0. The van der Waals surface area contributed by atoms with Crippen LogP contribution in [-0.4, -0.2) is 84.0 Å². The highest BCUT2D eigenvalue weighted by Crippen LogP contribution is 2.39. The highest BCUT2D eigenvalue weighted by Gasteiger charge is 2.34. The number of aliphatic hydroxyl groups is 1. The number of carbonyl (C=O) groups excluding carboxylic acids is 2. The normalized spacial score (nSPS) is 19.2. The van der Waals surface area contributed by atoms with Crippen LogP contribution in [0.15, 0.2) is 122 Å². The van der Waals surface area contributed by atoms with Gasteiger partial charge in [-0.05, 0) is 51.6 Å². The van der Waals surface area contributed by atoms with Crippen molar-refractivity contribution in [1.82, 2.24) is 25.5 Å². The molecular weight excluding hydrogens is 709 g/mol. The van der Waals surface area contributed by atoms with Crippen molar-refractivity contribution in [1.29, 1.82) is 0 Å². The van der Waals surface area contributed by atoms with Crippen LogP contribution in [0.5, 0.6) is 0 Å². The molecule has 2 amide bonds. The predicted octanol–water partition coefficient (Wildman–Crippen LogP) is 5.59. The minimum absolute atomic E-state index is 0.0119. The van der Waals surface area contributed by atoms with E-state index in [1.54, 1.807) is 12.4 Å². The quantitative estimate of drug-likeness (QED) is 0.131. The molecule has 3 N–H and O–H groups in total. The van der Waals surface area contributed by atoms with Crippen molar-refractivity contribution in [3.05, 3.63) is 149 Å². The maximum Gasteiger partial charge on any atom is 0.328 e. The van der Waals surface area contributed by atoms with E-state index in [1.165, 1.54) is 7.11 Å². The lowest BCUT2D eigenvalue weighted by Crippen LogP contribution is -2.50. The number of carbonyl (C=O) groups is 2. The van der Waals surface area contributed by atoms with Gasteiger partial charge in [0.05, 0.1) is 25.9 Å². The molecule has 12 heteroatoms. The van der Waals surface area contributed by atoms with Crippen LogP contribution >= 0.6 is 0 Å². The van der Waals surface area contributed by atoms with Gasteiger partial charge < -0.3 is 34.9 Å². The van der Waals surface area contributed by atoms with Crippen molar-refractivity contribution in [2.45, 2.75) is 50.5 Å². The van der Waals surface area contributed by atoms with Gasteiger partial charge in [-0.1, -0.05) is 91.0 Å². The fraction of sp³-hybridized carbons (Fsp3) is 0.318. The first-order chi connectivity index (χ1) is 27.4. The molecule has 0 bridgehead atoms. The van der Waals surface area contributed by atoms with E-state index >= 15 is 0 Å². The van der Waals surface area contributed by atoms with Crippen molar-refractivity contribution in [3.63, 3.8) is 0 Å². The van der Waals surface area contributed by atoms with Crippen LogP contribution in [0.25, 0.3) is 11.1 Å². The third kappa shape index (κ3) is 10.1. The molecule has 0 spiro atoms. The van der Waals surface area contributed by atoms with Gasteiger partial charge in [-0.15, -0.1) is 0 Å². The van der Waals surface area contributed by atoms with Crippen molar-refractivity contribution in [2.75, 3.05) is 44.7 Å². The zero-order valence-electron chi connectivity index (χ0n) is 31.5. The molecule has 5 aromatic rings. The molecule has 0 saturated carbocycles. The fourth-order valence-corrected chi connectivity index (χ4v) is 7.21. The first-order valence-electron chi connectivity index (χ1n) is 19.0. The number of anilines is 1. The van der Waals surface area contributed by atoms with E-state index in [9.17, 15) is 14.7 Å². The second-order valence-corrected chi connectivity index (χ2v) is 14.1. The Bertz CT molecular complexity index is 2030. The molecular formula is C44H48N6O6. The summed E-state index contributed by atoms with van der Waals surface area (Å²) in [6.07, 6.45) is 3.71. The number of amides is 2. The number of aliphatic hydroxyl groups excluding tert-OH is 1. The van der Waals surface area contributed by atoms with Crippen LogP contribution in [0.3, 0.4) is 0 Å². The Hall–Kier alpha value is -5.66. The minimum Gasteiger partial charge on any atom is -0.467 e. The lowest BCUT2D eigenvalue weighted by Gasteiger charge is -2.40. The average Bonchev–Trinajstić information content (AvgIpc) is 3.26. The molecule has 4 aromatic carbocycles. The van der Waals surface area contributed by atoms with Crippen LogP contribution in [-0.2, 0) is 38.6 Å². The molecule has 3 heterocycles. The number of piperazine rings is 1. The van der Waals surface area contributed by atoms with E-state index in [0.29, 0.717) is 12.8 Å². The Balaban J connectivity index is 1.02. The number of methoxy groups -OCH3 is 1. The molecule has 56 heavy (non-hydrogen) atoms. The Morgan fingerprint density at radius 1 is 0.804 bits per heavy atom. The van der Waals surface area contributed by atoms with Gasteiger partial charge in [-0.25, -0.2) is 19.6 Å². The number of nitrogens with zero attached hydrogens (tertiary/aromatic N) is 4. The first kappa shape index (κ1) is 38.6. The SMILES string of the molecule is COC(=O)[C@H](Cc1ccccc1)NC(=O)NCc1cccc(-c2cccc([C@@H]3O[C@H](CN4CCN(c5ncccn5)CC4)C[C@H](c4ccc(CO)cc4)O3)c2)c1. The Morgan fingerprint density at radius 3 is 2.25 bits per heavy atom. The van der Waals surface area contributed by atoms with E-state index in [0.717, 1.165) is 77.6 Å². The zero-order valence-corrected chi connectivity index (χ0v) is 31.5. The third-order valence-corrected chi connectivity index (χ3v) is 10.2. The van der Waals surface area contributed by atoms with Crippen molar-refractivity contribution < 1.29 is 28.9 Å². The molecule has 2 aliphatic heterocycles. The summed E-state index contributed by atoms with van der Waals surface area (Å²) in [5, 5.41) is 15.3. The largest absolute Gasteiger partial charge is 0.467 e. The maximum atomic E-state index is 12.9. The predicted molar refractivity (Wildman–Crippen MR) is 212 cm³/mol. The summed E-state index contributed by atoms with van der Waals surface area (Å²) >= 11 is 0. The number of esters is 1. The van der Waals surface area contributed by atoms with Gasteiger partial charge >= 0.3 is 12.0 Å². The van der Waals surface area contributed by atoms with E-state index in [4.69, 9.17) is 14.2 Å². The third-order valence-electron chi connectivity index (χ3n) is 10.2. The summed E-state index contributed by atoms with van der Waals surface area (Å²) < 4.78 is 18.4. The van der Waals surface area contributed by atoms with E-state index in [1.807, 2.05) is 97.1 Å². The molecule has 0 unspecified atom stereocenters. The molecule has 2 fully saturated rings. The summed E-state index contributed by atoms with van der Waals surface area (Å²) in [6.45, 7) is 4.45. The van der Waals surface area contributed by atoms with Crippen molar-refractivity contribution >= 4 is 17.9 Å². The molecule has 2 aliphatic rings. The van der Waals surface area contributed by atoms with E-state index in [-0.39, 0.29) is 25.4 Å². The topological polar surface area (TPSA) is 138 Å². The Morgan fingerprint density at radius 2 is 1.52 bits per heavy atom. The smallest absolute Gasteiger partial charge is 0.328 e. The highest BCUT2D eigenvalue weighted by molar-refractivity contribution is 5.83. The van der Waals surface area contributed by atoms with Gasteiger partial charge in [-0.2, -0.15) is 0 Å². The minimum atomic E-state index is -0.820. The standard InChI is InChI=1S/C44H48N6O6/c1-54-41(52)39(25-31-8-3-2-4-9-31)48-44(53)47-28-33-10-5-11-35(24-33)36-12-6-13-37(26-36)42-55-38(27-40(56-42)34-16-14-32(30-51)15-17-34)29-49-20-22-50(23-21-49)43-45-18-7-19-46-43/h2-19,24,26,38-40,42,51H,20-23,25,27-30H2,1H3,(H2,47,48,53)/t38-,39-,40+,42+/m0/s1. The Labute approximate surface area is 327 Å². The lowest BCUT2D eigenvalue weighted by molar-refractivity contribution is -0.253. The van der Waals surface area contributed by atoms with Gasteiger partial charge in [-0.3, -0.25) is 4.90 Å². The van der Waals surface area contributed by atoms with Gasteiger partial charge in [0.1, 0.15) is 6.04 Å². The molecule has 0 aliphatic carbocycles. The maximum absolute atomic E-state index is 12.9. The number of benzene rings is 4. The molecule has 2 saturated heterocycles. The zero-order chi connectivity index (χ0) is 38.7. The van der Waals surface area contributed by atoms with Gasteiger partial charge in [0, 0.05) is 70.1 Å². The fourth-order valence-electron chi connectivity index (χ4n) is 7.21. The van der Waals surface area contributed by atoms with E-state index in [2.05, 4.69) is 42.5 Å². The van der Waals surface area contributed by atoms with Crippen LogP contribution in [0.2, 0.25) is 0 Å². The van der Waals surface area contributed by atoms with Crippen molar-refractivity contribution in [2.24, 2.45) is 0 Å². The number of hydrogen-bond donors (Lipinski definition) is 3. The second kappa shape index (κ2) is 18.8. The lowest BCUT2D eigenvalue weighted by atomic mass is 9.98. The van der Waals surface area contributed by atoms with Crippen LogP contribution in [0.4, 0.5) is 10.7 Å². The number of urea groups is 1. The molecule has 1 aromatic heterocycles. The molecule has 290 valence electrons. The van der Waals surface area contributed by atoms with Crippen LogP contribution in [0.1, 0.15) is 46.6 Å². The number of hydrogen-bond acceptors (Lipinski definition) is 10. The number of ether oxygens (including phenoxy) is 3. The van der Waals surface area contributed by atoms with Crippen LogP contribution in [0, 0.1) is 0 Å². The van der Waals surface area contributed by atoms with Gasteiger partial charge in [0.25, 0.3) is 0 Å². The second-order valence-electron chi connectivity index (χ2n) is 14.1. The summed E-state index contributed by atoms with van der Waals surface area (Å²) in [7, 11) is 1.31. The summed E-state index contributed by atoms with van der Waals surface area (Å²) in [5.41, 5.74) is 6.59. The summed E-state index contributed by atoms with van der Waals surface area (Å²) in [6, 6.07) is 34.2. The van der Waals surface area contributed by atoms with Crippen molar-refractivity contribution in [3.8, 4) is 11.1 Å². The average molecular weight is 757 g/mol. The monoisotopic (exact) mass is 756 g/mol. The Kier molecular flexibility index (Phi) is 13.0. The summed E-state index contributed by atoms with van der Waals surface area (Å²) in [5.74, 6) is 0.252. The van der Waals surface area contributed by atoms with Crippen LogP contribution < -0.4 is 15.5 Å². The number of rotatable bonds is 13. The molecule has 7 rings (SSSR count). The molecule has 12 nitrogen and oxygen atoms in total.